The zero-order valence-corrected chi connectivity index (χ0v) is 16.9. The maximum absolute atomic E-state index is 12.4. The highest BCUT2D eigenvalue weighted by molar-refractivity contribution is 7.92. The zero-order valence-electron chi connectivity index (χ0n) is 16.0. The van der Waals surface area contributed by atoms with Crippen molar-refractivity contribution in [1.29, 1.82) is 0 Å². The first-order valence-electron chi connectivity index (χ1n) is 8.99. The summed E-state index contributed by atoms with van der Waals surface area (Å²) in [7, 11) is -3.69. The second-order valence-electron chi connectivity index (χ2n) is 6.29. The molecule has 0 atom stereocenters. The van der Waals surface area contributed by atoms with Crippen molar-refractivity contribution in [3.8, 4) is 11.6 Å². The molecule has 0 aliphatic carbocycles. The number of aryl methyl sites for hydroxylation is 1. The van der Waals surface area contributed by atoms with E-state index in [1.54, 1.807) is 60.7 Å². The van der Waals surface area contributed by atoms with Gasteiger partial charge in [-0.3, -0.25) is 9.52 Å². The minimum atomic E-state index is -3.69. The Morgan fingerprint density at radius 1 is 1.00 bits per heavy atom. The van der Waals surface area contributed by atoms with Gasteiger partial charge < -0.3 is 10.1 Å². The number of benzene rings is 2. The van der Waals surface area contributed by atoms with Gasteiger partial charge in [-0.05, 0) is 56.3 Å². The van der Waals surface area contributed by atoms with Gasteiger partial charge in [-0.1, -0.05) is 17.7 Å². The molecule has 0 fully saturated rings. The average molecular weight is 411 g/mol. The fourth-order valence-corrected chi connectivity index (χ4v) is 3.53. The number of anilines is 1. The molecule has 0 radical (unpaired) electrons. The van der Waals surface area contributed by atoms with Crippen molar-refractivity contribution in [3.63, 3.8) is 0 Å². The Balaban J connectivity index is 1.65. The van der Waals surface area contributed by atoms with Crippen molar-refractivity contribution in [2.24, 2.45) is 0 Å². The van der Waals surface area contributed by atoms with E-state index in [1.165, 1.54) is 6.20 Å². The molecule has 0 bridgehead atoms. The minimum Gasteiger partial charge on any atom is -0.439 e. The van der Waals surface area contributed by atoms with E-state index in [1.807, 2.05) is 13.8 Å². The van der Waals surface area contributed by atoms with Gasteiger partial charge in [-0.2, -0.15) is 0 Å². The molecule has 7 nitrogen and oxygen atoms in total. The second-order valence-corrected chi connectivity index (χ2v) is 7.97. The molecule has 0 unspecified atom stereocenters. The summed E-state index contributed by atoms with van der Waals surface area (Å²) >= 11 is 0. The molecule has 1 amide bonds. The Hall–Kier alpha value is -3.39. The Kier molecular flexibility index (Phi) is 6.13. The molecular formula is C21H21N3O4S. The van der Waals surface area contributed by atoms with Gasteiger partial charge in [0, 0.05) is 18.2 Å². The third kappa shape index (κ3) is 5.32. The molecule has 0 aliphatic heterocycles. The molecule has 0 spiro atoms. The van der Waals surface area contributed by atoms with Crippen LogP contribution in [-0.4, -0.2) is 25.9 Å². The Morgan fingerprint density at radius 3 is 2.28 bits per heavy atom. The van der Waals surface area contributed by atoms with Crippen LogP contribution < -0.4 is 14.8 Å². The van der Waals surface area contributed by atoms with Crippen molar-refractivity contribution in [1.82, 2.24) is 10.3 Å². The first kappa shape index (κ1) is 20.3. The van der Waals surface area contributed by atoms with Crippen molar-refractivity contribution >= 4 is 21.6 Å². The van der Waals surface area contributed by atoms with Gasteiger partial charge in [0.2, 0.25) is 5.88 Å². The van der Waals surface area contributed by atoms with Gasteiger partial charge in [0.05, 0.1) is 16.8 Å². The van der Waals surface area contributed by atoms with Crippen LogP contribution in [0.3, 0.4) is 0 Å². The average Bonchev–Trinajstić information content (AvgIpc) is 2.70. The predicted octanol–water partition coefficient (Wildman–Crippen LogP) is 3.73. The Bertz CT molecular complexity index is 1080. The quantitative estimate of drug-likeness (QED) is 0.617. The maximum atomic E-state index is 12.4. The van der Waals surface area contributed by atoms with Crippen LogP contribution in [0.4, 0.5) is 5.69 Å². The number of nitrogens with zero attached hydrogens (tertiary/aromatic N) is 1. The lowest BCUT2D eigenvalue weighted by Gasteiger charge is -2.09. The largest absolute Gasteiger partial charge is 0.439 e. The Morgan fingerprint density at radius 2 is 1.69 bits per heavy atom. The van der Waals surface area contributed by atoms with Gasteiger partial charge in [-0.25, -0.2) is 13.4 Å². The molecule has 0 saturated heterocycles. The van der Waals surface area contributed by atoms with Crippen LogP contribution in [0.1, 0.15) is 22.8 Å². The highest BCUT2D eigenvalue weighted by Crippen LogP contribution is 2.22. The molecule has 1 aromatic heterocycles. The number of aromatic nitrogens is 1. The predicted molar refractivity (Wildman–Crippen MR) is 111 cm³/mol. The summed E-state index contributed by atoms with van der Waals surface area (Å²) in [5.41, 5.74) is 1.84. The van der Waals surface area contributed by atoms with E-state index in [2.05, 4.69) is 15.0 Å². The van der Waals surface area contributed by atoms with Crippen LogP contribution >= 0.6 is 0 Å². The molecule has 1 heterocycles. The van der Waals surface area contributed by atoms with Crippen molar-refractivity contribution in [2.75, 3.05) is 11.3 Å². The molecule has 29 heavy (non-hydrogen) atoms. The third-order valence-electron chi connectivity index (χ3n) is 4.00. The molecular weight excluding hydrogens is 390 g/mol. The lowest BCUT2D eigenvalue weighted by atomic mass is 10.2. The summed E-state index contributed by atoms with van der Waals surface area (Å²) in [5, 5.41) is 2.72. The highest BCUT2D eigenvalue weighted by Gasteiger charge is 2.14. The highest BCUT2D eigenvalue weighted by atomic mass is 32.2. The number of carbonyl (C=O) groups excluding carboxylic acids is 1. The van der Waals surface area contributed by atoms with Gasteiger partial charge in [0.1, 0.15) is 5.75 Å². The van der Waals surface area contributed by atoms with Crippen LogP contribution in [0.5, 0.6) is 11.6 Å². The van der Waals surface area contributed by atoms with Crippen LogP contribution in [0.15, 0.2) is 71.8 Å². The lowest BCUT2D eigenvalue weighted by molar-refractivity contribution is 0.0956. The molecule has 2 N–H and O–H groups in total. The number of hydrogen-bond acceptors (Lipinski definition) is 5. The van der Waals surface area contributed by atoms with Gasteiger partial charge in [0.25, 0.3) is 15.9 Å². The summed E-state index contributed by atoms with van der Waals surface area (Å²) in [5.74, 6) is 0.662. The van der Waals surface area contributed by atoms with Crippen LogP contribution in [0, 0.1) is 6.92 Å². The first-order chi connectivity index (χ1) is 13.9. The molecule has 0 aliphatic rings. The summed E-state index contributed by atoms with van der Waals surface area (Å²) in [6, 6.07) is 16.3. The fraction of sp³-hybridized carbons (Fsp3) is 0.143. The van der Waals surface area contributed by atoms with E-state index in [0.29, 0.717) is 29.4 Å². The molecule has 150 valence electrons. The second kappa shape index (κ2) is 8.74. The Labute approximate surface area is 169 Å². The van der Waals surface area contributed by atoms with E-state index in [9.17, 15) is 13.2 Å². The van der Waals surface area contributed by atoms with E-state index < -0.39 is 10.0 Å². The number of carbonyl (C=O) groups is 1. The molecule has 3 aromatic rings. The molecule has 0 saturated carbocycles. The monoisotopic (exact) mass is 411 g/mol. The summed E-state index contributed by atoms with van der Waals surface area (Å²) in [6.07, 6.45) is 1.38. The van der Waals surface area contributed by atoms with E-state index >= 15 is 0 Å². The smallest absolute Gasteiger partial charge is 0.261 e. The number of hydrogen-bond donors (Lipinski definition) is 2. The number of nitrogens with one attached hydrogen (secondary N) is 2. The van der Waals surface area contributed by atoms with Crippen LogP contribution in [0.2, 0.25) is 0 Å². The topological polar surface area (TPSA) is 97.4 Å². The SMILES string of the molecule is CCNC(=O)c1ccc(Oc2ccc(NS(=O)(=O)c3ccc(C)cc3)cn2)cc1. The molecule has 8 heteroatoms. The van der Waals surface area contributed by atoms with Gasteiger partial charge in [0.15, 0.2) is 0 Å². The standard InChI is InChI=1S/C21H21N3O4S/c1-3-22-21(25)16-6-9-18(10-7-16)28-20-13-8-17(14-23-20)24-29(26,27)19-11-4-15(2)5-12-19/h4-14,24H,3H2,1-2H3,(H,22,25). The van der Waals surface area contributed by atoms with E-state index in [-0.39, 0.29) is 10.8 Å². The maximum Gasteiger partial charge on any atom is 0.261 e. The van der Waals surface area contributed by atoms with E-state index in [0.717, 1.165) is 5.56 Å². The van der Waals surface area contributed by atoms with Crippen molar-refractivity contribution in [3.05, 3.63) is 78.0 Å². The third-order valence-corrected chi connectivity index (χ3v) is 5.39. The number of rotatable bonds is 7. The van der Waals surface area contributed by atoms with Crippen LogP contribution in [-0.2, 0) is 10.0 Å². The van der Waals surface area contributed by atoms with Gasteiger partial charge in [-0.15, -0.1) is 0 Å². The molecule has 3 rings (SSSR count). The number of amides is 1. The number of pyridine rings is 1. The molecule has 2 aromatic carbocycles. The van der Waals surface area contributed by atoms with Crippen molar-refractivity contribution in [2.45, 2.75) is 18.7 Å². The summed E-state index contributed by atoms with van der Waals surface area (Å²) < 4.78 is 33.0. The first-order valence-corrected chi connectivity index (χ1v) is 10.5. The summed E-state index contributed by atoms with van der Waals surface area (Å²) in [4.78, 5) is 16.1. The minimum absolute atomic E-state index is 0.151. The van der Waals surface area contributed by atoms with Crippen LogP contribution in [0.25, 0.3) is 0 Å². The van der Waals surface area contributed by atoms with Gasteiger partial charge >= 0.3 is 0 Å². The lowest BCUT2D eigenvalue weighted by Crippen LogP contribution is -2.22. The zero-order chi connectivity index (χ0) is 20.9. The van der Waals surface area contributed by atoms with E-state index in [4.69, 9.17) is 4.74 Å². The fourth-order valence-electron chi connectivity index (χ4n) is 2.49. The summed E-state index contributed by atoms with van der Waals surface area (Å²) in [6.45, 7) is 4.30. The van der Waals surface area contributed by atoms with Crippen molar-refractivity contribution < 1.29 is 17.9 Å². The number of sulfonamides is 1. The normalized spacial score (nSPS) is 11.0. The number of ether oxygens (including phenoxy) is 1.